The molecule has 36 heavy (non-hydrogen) atoms. The van der Waals surface area contributed by atoms with Gasteiger partial charge in [0.15, 0.2) is 0 Å². The summed E-state index contributed by atoms with van der Waals surface area (Å²) in [6, 6.07) is 10.9. The SMILES string of the molecule is CC[C@H](C(=O)NCC(C)C)N(Cc1ccc(Cl)cc1)C(=O)CN(c1ccc(F)cc1)S(=O)(=O)N(C)C. The van der Waals surface area contributed by atoms with Gasteiger partial charge in [-0.25, -0.2) is 8.70 Å². The quantitative estimate of drug-likeness (QED) is 0.445. The monoisotopic (exact) mass is 540 g/mol. The molecule has 1 N–H and O–H groups in total. The third kappa shape index (κ3) is 7.91. The molecular weight excluding hydrogens is 507 g/mol. The molecule has 2 amide bonds. The van der Waals surface area contributed by atoms with Gasteiger partial charge >= 0.3 is 10.2 Å². The largest absolute Gasteiger partial charge is 0.354 e. The van der Waals surface area contributed by atoms with Gasteiger partial charge in [0.2, 0.25) is 11.8 Å². The highest BCUT2D eigenvalue weighted by molar-refractivity contribution is 7.90. The van der Waals surface area contributed by atoms with Crippen LogP contribution in [-0.4, -0.2) is 62.7 Å². The summed E-state index contributed by atoms with van der Waals surface area (Å²) in [6.07, 6.45) is 0.320. The van der Waals surface area contributed by atoms with Gasteiger partial charge < -0.3 is 10.2 Å². The number of halogens is 2. The molecule has 0 spiro atoms. The van der Waals surface area contributed by atoms with Crippen molar-refractivity contribution in [1.29, 1.82) is 0 Å². The van der Waals surface area contributed by atoms with Crippen LogP contribution >= 0.6 is 11.6 Å². The maximum absolute atomic E-state index is 13.7. The first-order valence-electron chi connectivity index (χ1n) is 11.6. The second-order valence-corrected chi connectivity index (χ2v) is 11.5. The van der Waals surface area contributed by atoms with Gasteiger partial charge in [0, 0.05) is 32.2 Å². The van der Waals surface area contributed by atoms with Crippen molar-refractivity contribution in [2.45, 2.75) is 39.8 Å². The molecular formula is C25H34ClFN4O4S. The van der Waals surface area contributed by atoms with Crippen molar-refractivity contribution in [2.24, 2.45) is 5.92 Å². The lowest BCUT2D eigenvalue weighted by molar-refractivity contribution is -0.140. The van der Waals surface area contributed by atoms with E-state index in [1.165, 1.54) is 31.1 Å². The van der Waals surface area contributed by atoms with Crippen molar-refractivity contribution >= 4 is 39.3 Å². The molecule has 8 nitrogen and oxygen atoms in total. The van der Waals surface area contributed by atoms with Gasteiger partial charge in [-0.2, -0.15) is 12.7 Å². The number of carbonyl (C=O) groups is 2. The third-order valence-corrected chi connectivity index (χ3v) is 7.54. The summed E-state index contributed by atoms with van der Waals surface area (Å²) >= 11 is 6.00. The van der Waals surface area contributed by atoms with Crippen LogP contribution in [0, 0.1) is 11.7 Å². The molecule has 0 bridgehead atoms. The fourth-order valence-corrected chi connectivity index (χ4v) is 4.63. The minimum Gasteiger partial charge on any atom is -0.354 e. The zero-order valence-electron chi connectivity index (χ0n) is 21.2. The Kier molecular flexibility index (Phi) is 10.7. The van der Waals surface area contributed by atoms with Crippen molar-refractivity contribution in [3.05, 3.63) is 64.9 Å². The van der Waals surface area contributed by atoms with E-state index in [9.17, 15) is 22.4 Å². The molecule has 11 heteroatoms. The zero-order chi connectivity index (χ0) is 27.0. The standard InChI is InChI=1S/C25H34ClFN4O4S/c1-6-23(25(33)28-15-18(2)3)30(16-19-7-9-20(26)10-8-19)24(32)17-31(36(34,35)29(4)5)22-13-11-21(27)12-14-22/h7-14,18,23H,6,15-17H2,1-5H3,(H,28,33)/t23-/m1/s1. The zero-order valence-corrected chi connectivity index (χ0v) is 22.8. The van der Waals surface area contributed by atoms with E-state index in [4.69, 9.17) is 11.6 Å². The topological polar surface area (TPSA) is 90.0 Å². The van der Waals surface area contributed by atoms with E-state index in [0.717, 1.165) is 26.3 Å². The van der Waals surface area contributed by atoms with Crippen LogP contribution in [0.3, 0.4) is 0 Å². The highest BCUT2D eigenvalue weighted by Gasteiger charge is 2.33. The fourth-order valence-electron chi connectivity index (χ4n) is 3.45. The maximum Gasteiger partial charge on any atom is 0.304 e. The van der Waals surface area contributed by atoms with Crippen LogP contribution in [-0.2, 0) is 26.3 Å². The van der Waals surface area contributed by atoms with Crippen LogP contribution in [0.15, 0.2) is 48.5 Å². The molecule has 0 heterocycles. The van der Waals surface area contributed by atoms with E-state index >= 15 is 0 Å². The summed E-state index contributed by atoms with van der Waals surface area (Å²) in [5, 5.41) is 3.39. The van der Waals surface area contributed by atoms with Crippen molar-refractivity contribution in [3.8, 4) is 0 Å². The van der Waals surface area contributed by atoms with E-state index in [-0.39, 0.29) is 24.1 Å². The predicted molar refractivity (Wildman–Crippen MR) is 140 cm³/mol. The molecule has 0 saturated heterocycles. The van der Waals surface area contributed by atoms with Crippen LogP contribution in [0.1, 0.15) is 32.8 Å². The smallest absolute Gasteiger partial charge is 0.304 e. The van der Waals surface area contributed by atoms with Gasteiger partial charge in [-0.3, -0.25) is 9.59 Å². The Labute approximate surface area is 218 Å². The number of amides is 2. The third-order valence-electron chi connectivity index (χ3n) is 5.47. The van der Waals surface area contributed by atoms with Gasteiger partial charge in [-0.15, -0.1) is 0 Å². The van der Waals surface area contributed by atoms with Crippen molar-refractivity contribution in [3.63, 3.8) is 0 Å². The summed E-state index contributed by atoms with van der Waals surface area (Å²) in [7, 11) is -1.42. The maximum atomic E-state index is 13.7. The number of anilines is 1. The Balaban J connectivity index is 2.46. The Morgan fingerprint density at radius 1 is 1.03 bits per heavy atom. The number of nitrogens with one attached hydrogen (secondary N) is 1. The Morgan fingerprint density at radius 2 is 1.61 bits per heavy atom. The number of hydrogen-bond donors (Lipinski definition) is 1. The van der Waals surface area contributed by atoms with Gasteiger partial charge in [0.25, 0.3) is 0 Å². The Morgan fingerprint density at radius 3 is 2.11 bits per heavy atom. The van der Waals surface area contributed by atoms with E-state index < -0.39 is 34.5 Å². The number of hydrogen-bond acceptors (Lipinski definition) is 4. The minimum atomic E-state index is -4.11. The van der Waals surface area contributed by atoms with Gasteiger partial charge in [0.05, 0.1) is 5.69 Å². The summed E-state index contributed by atoms with van der Waals surface area (Å²) in [5.74, 6) is -1.22. The second kappa shape index (κ2) is 13.0. The number of carbonyl (C=O) groups excluding carboxylic acids is 2. The van der Waals surface area contributed by atoms with E-state index in [0.29, 0.717) is 18.0 Å². The average molecular weight is 541 g/mol. The first-order chi connectivity index (χ1) is 16.9. The van der Waals surface area contributed by atoms with Gasteiger partial charge in [-0.1, -0.05) is 44.5 Å². The second-order valence-electron chi connectivity index (χ2n) is 8.98. The molecule has 0 aliphatic heterocycles. The molecule has 0 aliphatic carbocycles. The number of benzene rings is 2. The first-order valence-corrected chi connectivity index (χ1v) is 13.4. The predicted octanol–water partition coefficient (Wildman–Crippen LogP) is 3.67. The molecule has 2 aromatic carbocycles. The van der Waals surface area contributed by atoms with E-state index in [2.05, 4.69) is 5.32 Å². The lowest BCUT2D eigenvalue weighted by Crippen LogP contribution is -2.53. The van der Waals surface area contributed by atoms with Crippen LogP contribution in [0.4, 0.5) is 10.1 Å². The average Bonchev–Trinajstić information content (AvgIpc) is 2.82. The molecule has 1 atom stereocenters. The Hall–Kier alpha value is -2.69. The molecule has 0 unspecified atom stereocenters. The molecule has 2 rings (SSSR count). The number of nitrogens with zero attached hydrogens (tertiary/aromatic N) is 3. The van der Waals surface area contributed by atoms with Crippen molar-refractivity contribution < 1.29 is 22.4 Å². The molecule has 0 radical (unpaired) electrons. The molecule has 198 valence electrons. The highest BCUT2D eigenvalue weighted by Crippen LogP contribution is 2.22. The molecule has 0 fully saturated rings. The summed E-state index contributed by atoms with van der Waals surface area (Å²) in [5.41, 5.74) is 0.855. The van der Waals surface area contributed by atoms with E-state index in [1.54, 1.807) is 31.2 Å². The summed E-state index contributed by atoms with van der Waals surface area (Å²) in [4.78, 5) is 28.1. The molecule has 0 saturated carbocycles. The number of rotatable bonds is 12. The van der Waals surface area contributed by atoms with Crippen LogP contribution in [0.25, 0.3) is 0 Å². The van der Waals surface area contributed by atoms with Gasteiger partial charge in [-0.05, 0) is 54.3 Å². The van der Waals surface area contributed by atoms with Gasteiger partial charge in [0.1, 0.15) is 18.4 Å². The lowest BCUT2D eigenvalue weighted by Gasteiger charge is -2.34. The highest BCUT2D eigenvalue weighted by atomic mass is 35.5. The lowest BCUT2D eigenvalue weighted by atomic mass is 10.1. The normalized spacial score (nSPS) is 12.5. The minimum absolute atomic E-state index is 0.0723. The van der Waals surface area contributed by atoms with Crippen molar-refractivity contribution in [2.75, 3.05) is 31.5 Å². The Bertz CT molecular complexity index is 1130. The van der Waals surface area contributed by atoms with E-state index in [1.807, 2.05) is 13.8 Å². The van der Waals surface area contributed by atoms with Crippen LogP contribution in [0.2, 0.25) is 5.02 Å². The molecule has 2 aromatic rings. The molecule has 0 aliphatic rings. The van der Waals surface area contributed by atoms with Crippen molar-refractivity contribution in [1.82, 2.24) is 14.5 Å². The van der Waals surface area contributed by atoms with Crippen LogP contribution < -0.4 is 9.62 Å². The first kappa shape index (κ1) is 29.5. The summed E-state index contributed by atoms with van der Waals surface area (Å²) in [6.45, 7) is 5.65. The molecule has 0 aromatic heterocycles. The summed E-state index contributed by atoms with van der Waals surface area (Å²) < 4.78 is 41.6. The fraction of sp³-hybridized carbons (Fsp3) is 0.440. The van der Waals surface area contributed by atoms with Crippen LogP contribution in [0.5, 0.6) is 0 Å².